The normalized spacial score (nSPS) is 13.0. The molecule has 0 bridgehead atoms. The van der Waals surface area contributed by atoms with Crippen LogP contribution in [-0.4, -0.2) is 4.98 Å². The molecule has 1 aromatic heterocycles. The molecule has 0 saturated heterocycles. The molecule has 0 saturated carbocycles. The minimum absolute atomic E-state index is 0.604. The molecule has 0 aliphatic carbocycles. The van der Waals surface area contributed by atoms with Crippen LogP contribution in [0.3, 0.4) is 0 Å². The third-order valence-electron chi connectivity index (χ3n) is 9.62. The van der Waals surface area contributed by atoms with Crippen molar-refractivity contribution in [2.75, 3.05) is 0 Å². The van der Waals surface area contributed by atoms with E-state index in [1.807, 2.05) is 0 Å². The predicted molar refractivity (Wildman–Crippen MR) is 185 cm³/mol. The summed E-state index contributed by atoms with van der Waals surface area (Å²) in [5.74, 6) is 0.712. The number of rotatable bonds is 30. The van der Waals surface area contributed by atoms with E-state index in [0.29, 0.717) is 12.0 Å². The average Bonchev–Trinajstić information content (AvgIpc) is 3.55. The number of aromatic amines is 1. The highest BCUT2D eigenvalue weighted by Crippen LogP contribution is 2.29. The van der Waals surface area contributed by atoms with E-state index < -0.39 is 0 Å². The number of unbranched alkanes of at least 4 members (excludes halogenated alkanes) is 22. The average molecular weight is 580 g/mol. The summed E-state index contributed by atoms with van der Waals surface area (Å²) < 4.78 is 2.51. The van der Waals surface area contributed by atoms with Gasteiger partial charge in [0.05, 0.1) is 0 Å². The van der Waals surface area contributed by atoms with Crippen LogP contribution >= 0.6 is 0 Å². The minimum Gasteiger partial charge on any atom is -0.250 e. The van der Waals surface area contributed by atoms with Crippen molar-refractivity contribution in [1.82, 2.24) is 4.98 Å². The second-order valence-electron chi connectivity index (χ2n) is 13.4. The lowest BCUT2D eigenvalue weighted by atomic mass is 9.84. The van der Waals surface area contributed by atoms with Crippen molar-refractivity contribution >= 4 is 0 Å². The Kier molecular flexibility index (Phi) is 23.6. The van der Waals surface area contributed by atoms with Crippen LogP contribution in [0, 0.1) is 5.92 Å². The van der Waals surface area contributed by atoms with Gasteiger partial charge in [-0.2, -0.15) is 0 Å². The first-order chi connectivity index (χ1) is 20.8. The first-order valence-corrected chi connectivity index (χ1v) is 18.9. The molecule has 0 aliphatic heterocycles. The standard InChI is InChI=1S/C40H70N2/c1-3-5-7-9-11-13-15-16-18-20-22-24-29-33-40(42-35-34-41-37-42)39(36-38-30-26-25-27-31-38)32-28-23-21-19-17-14-12-10-8-6-4-2/h25-27,30-31,34-35,37,39-40H,3-24,28-29,32-33,36H2,1-2H3/p+1. The van der Waals surface area contributed by atoms with Crippen LogP contribution in [0.2, 0.25) is 0 Å². The van der Waals surface area contributed by atoms with E-state index in [4.69, 9.17) is 0 Å². The van der Waals surface area contributed by atoms with Gasteiger partial charge in [-0.3, -0.25) is 4.98 Å². The molecule has 0 aliphatic rings. The Hall–Kier alpha value is -1.57. The van der Waals surface area contributed by atoms with Gasteiger partial charge in [0, 0.05) is 5.92 Å². The Morgan fingerprint density at radius 3 is 1.38 bits per heavy atom. The number of imidazole rings is 1. The number of nitrogens with zero attached hydrogens (tertiary/aromatic N) is 1. The summed E-state index contributed by atoms with van der Waals surface area (Å²) in [6.45, 7) is 4.62. The first-order valence-electron chi connectivity index (χ1n) is 18.9. The van der Waals surface area contributed by atoms with Gasteiger partial charge in [-0.15, -0.1) is 0 Å². The van der Waals surface area contributed by atoms with Gasteiger partial charge < -0.3 is 0 Å². The molecule has 42 heavy (non-hydrogen) atoms. The lowest BCUT2D eigenvalue weighted by molar-refractivity contribution is -0.730. The number of aromatic nitrogens is 2. The van der Waals surface area contributed by atoms with Gasteiger partial charge in [0.25, 0.3) is 0 Å². The molecule has 0 spiro atoms. The van der Waals surface area contributed by atoms with Crippen molar-refractivity contribution in [3.8, 4) is 0 Å². The van der Waals surface area contributed by atoms with E-state index in [9.17, 15) is 0 Å². The zero-order valence-electron chi connectivity index (χ0n) is 28.3. The summed E-state index contributed by atoms with van der Waals surface area (Å²) in [5, 5.41) is 0. The van der Waals surface area contributed by atoms with Crippen LogP contribution in [0.5, 0.6) is 0 Å². The van der Waals surface area contributed by atoms with Crippen LogP contribution in [0.4, 0.5) is 0 Å². The lowest BCUT2D eigenvalue weighted by Gasteiger charge is -2.25. The minimum atomic E-state index is 0.604. The van der Waals surface area contributed by atoms with E-state index in [1.165, 1.54) is 179 Å². The summed E-state index contributed by atoms with van der Waals surface area (Å²) >= 11 is 0. The van der Waals surface area contributed by atoms with Crippen LogP contribution in [0.1, 0.15) is 192 Å². The molecule has 2 heteroatoms. The van der Waals surface area contributed by atoms with Gasteiger partial charge in [-0.25, -0.2) is 4.57 Å². The fourth-order valence-corrected chi connectivity index (χ4v) is 6.93. The summed E-state index contributed by atoms with van der Waals surface area (Å²) in [5.41, 5.74) is 1.51. The molecule has 2 rings (SSSR count). The third-order valence-corrected chi connectivity index (χ3v) is 9.62. The Labute approximate surface area is 262 Å². The van der Waals surface area contributed by atoms with Crippen molar-refractivity contribution < 1.29 is 4.57 Å². The molecule has 2 unspecified atom stereocenters. The molecule has 2 atom stereocenters. The largest absolute Gasteiger partial charge is 0.250 e. The Bertz CT molecular complexity index is 783. The van der Waals surface area contributed by atoms with Crippen LogP contribution in [0.25, 0.3) is 0 Å². The number of hydrogen-bond donors (Lipinski definition) is 1. The molecular weight excluding hydrogens is 508 g/mol. The van der Waals surface area contributed by atoms with Crippen molar-refractivity contribution in [3.63, 3.8) is 0 Å². The second-order valence-corrected chi connectivity index (χ2v) is 13.4. The summed E-state index contributed by atoms with van der Waals surface area (Å²) in [4.78, 5) is 3.35. The lowest BCUT2D eigenvalue weighted by Crippen LogP contribution is -2.42. The number of hydrogen-bond acceptors (Lipinski definition) is 0. The molecule has 1 aromatic carbocycles. The van der Waals surface area contributed by atoms with E-state index >= 15 is 0 Å². The zero-order valence-corrected chi connectivity index (χ0v) is 28.3. The topological polar surface area (TPSA) is 19.7 Å². The van der Waals surface area contributed by atoms with Crippen molar-refractivity contribution in [2.24, 2.45) is 5.92 Å². The fourth-order valence-electron chi connectivity index (χ4n) is 6.93. The monoisotopic (exact) mass is 580 g/mol. The Morgan fingerprint density at radius 2 is 0.952 bits per heavy atom. The van der Waals surface area contributed by atoms with E-state index in [1.54, 1.807) is 0 Å². The number of H-pyrrole nitrogens is 1. The van der Waals surface area contributed by atoms with E-state index in [2.05, 4.69) is 72.5 Å². The maximum absolute atomic E-state index is 3.35. The highest BCUT2D eigenvalue weighted by molar-refractivity contribution is 5.15. The smallest absolute Gasteiger partial charge is 0.241 e. The molecule has 2 aromatic rings. The molecule has 0 fully saturated rings. The highest BCUT2D eigenvalue weighted by atomic mass is 15.1. The number of benzene rings is 1. The molecule has 2 nitrogen and oxygen atoms in total. The van der Waals surface area contributed by atoms with Gasteiger partial charge in [-0.1, -0.05) is 192 Å². The molecule has 1 N–H and O–H groups in total. The van der Waals surface area contributed by atoms with Crippen molar-refractivity contribution in [3.05, 3.63) is 54.6 Å². The van der Waals surface area contributed by atoms with Gasteiger partial charge in [0.1, 0.15) is 18.4 Å². The second kappa shape index (κ2) is 27.0. The van der Waals surface area contributed by atoms with Gasteiger partial charge in [-0.05, 0) is 31.2 Å². The first kappa shape index (κ1) is 36.6. The van der Waals surface area contributed by atoms with Gasteiger partial charge in [0.15, 0.2) is 0 Å². The highest BCUT2D eigenvalue weighted by Gasteiger charge is 2.26. The van der Waals surface area contributed by atoms with Crippen LogP contribution < -0.4 is 4.57 Å². The quantitative estimate of drug-likeness (QED) is 0.0701. The zero-order chi connectivity index (χ0) is 29.8. The maximum atomic E-state index is 3.35. The van der Waals surface area contributed by atoms with E-state index in [0.717, 1.165) is 0 Å². The molecular formula is C40H71N2+. The van der Waals surface area contributed by atoms with Crippen LogP contribution in [-0.2, 0) is 6.42 Å². The summed E-state index contributed by atoms with van der Waals surface area (Å²) in [7, 11) is 0. The molecule has 0 amide bonds. The summed E-state index contributed by atoms with van der Waals surface area (Å²) in [6.07, 6.45) is 44.7. The molecule has 0 radical (unpaired) electrons. The van der Waals surface area contributed by atoms with Crippen molar-refractivity contribution in [1.29, 1.82) is 0 Å². The fraction of sp³-hybridized carbons (Fsp3) is 0.775. The Morgan fingerprint density at radius 1 is 0.524 bits per heavy atom. The molecule has 1 heterocycles. The third kappa shape index (κ3) is 18.9. The Balaban J connectivity index is 1.71. The summed E-state index contributed by atoms with van der Waals surface area (Å²) in [6, 6.07) is 11.9. The predicted octanol–water partition coefficient (Wildman–Crippen LogP) is 12.9. The van der Waals surface area contributed by atoms with Gasteiger partial charge >= 0.3 is 0 Å². The molecule has 240 valence electrons. The van der Waals surface area contributed by atoms with Crippen molar-refractivity contribution in [2.45, 2.75) is 193 Å². The SMILES string of the molecule is CCCCCCCCCCCCCCCC(C(CCCCCCCCCCCCC)Cc1ccccc1)[n+]1cc[nH]c1. The maximum Gasteiger partial charge on any atom is 0.241 e. The van der Waals surface area contributed by atoms with E-state index in [-0.39, 0.29) is 0 Å². The number of nitrogens with one attached hydrogen (secondary N) is 1. The van der Waals surface area contributed by atoms with Crippen LogP contribution in [0.15, 0.2) is 49.1 Å². The van der Waals surface area contributed by atoms with Gasteiger partial charge in [0.2, 0.25) is 6.33 Å².